The Bertz CT molecular complexity index is 1090. The maximum absolute atomic E-state index is 5.21. The van der Waals surface area contributed by atoms with Gasteiger partial charge in [-0.1, -0.05) is 44.2 Å². The minimum absolute atomic E-state index is 0.589. The van der Waals surface area contributed by atoms with Crippen LogP contribution in [0.2, 0.25) is 0 Å². The molecular formula is C27H32N4O. The number of hydrogen-bond acceptors (Lipinski definition) is 4. The second kappa shape index (κ2) is 11.1. The summed E-state index contributed by atoms with van der Waals surface area (Å²) >= 11 is 0. The van der Waals surface area contributed by atoms with Crippen LogP contribution < -0.4 is 15.4 Å². The Balaban J connectivity index is 1.76. The summed E-state index contributed by atoms with van der Waals surface area (Å²) in [5.41, 5.74) is 6.63. The second-order valence-corrected chi connectivity index (χ2v) is 7.72. The lowest BCUT2D eigenvalue weighted by atomic mass is 10.0. The Morgan fingerprint density at radius 3 is 2.62 bits per heavy atom. The summed E-state index contributed by atoms with van der Waals surface area (Å²) in [6.45, 7) is 10.9. The zero-order chi connectivity index (χ0) is 22.9. The Morgan fingerprint density at radius 2 is 1.94 bits per heavy atom. The van der Waals surface area contributed by atoms with E-state index in [2.05, 4.69) is 59.2 Å². The Kier molecular flexibility index (Phi) is 8.03. The average Bonchev–Trinajstić information content (AvgIpc) is 2.80. The van der Waals surface area contributed by atoms with Crippen molar-refractivity contribution in [3.8, 4) is 5.75 Å². The molecule has 0 amide bonds. The van der Waals surface area contributed by atoms with E-state index in [0.717, 1.165) is 52.7 Å². The van der Waals surface area contributed by atoms with E-state index < -0.39 is 0 Å². The van der Waals surface area contributed by atoms with E-state index in [1.165, 1.54) is 11.1 Å². The van der Waals surface area contributed by atoms with Gasteiger partial charge in [0.25, 0.3) is 0 Å². The summed E-state index contributed by atoms with van der Waals surface area (Å²) in [6, 6.07) is 16.3. The third kappa shape index (κ3) is 5.97. The number of aryl methyl sites for hydroxylation is 2. The lowest BCUT2D eigenvalue weighted by molar-refractivity contribution is 0.414. The predicted molar refractivity (Wildman–Crippen MR) is 136 cm³/mol. The normalized spacial score (nSPS) is 11.2. The Hall–Kier alpha value is -3.60. The van der Waals surface area contributed by atoms with Crippen molar-refractivity contribution >= 4 is 29.1 Å². The predicted octanol–water partition coefficient (Wildman–Crippen LogP) is 6.77. The van der Waals surface area contributed by atoms with Crippen LogP contribution >= 0.6 is 0 Å². The highest BCUT2D eigenvalue weighted by Crippen LogP contribution is 2.27. The highest BCUT2D eigenvalue weighted by atomic mass is 16.5. The number of aromatic nitrogens is 1. The standard InChI is InChI=1S/C27H32N4O/c1-6-8-22-17-23(12-9-19(22)3)31-27-25(7-2)26(15-16-28-27)30-20(4)29-18-21-10-13-24(32-5)14-11-21/h7,9-17H,2,6,8,18H2,1,3-5H3,(H2,28,29,30,31). The first-order valence-corrected chi connectivity index (χ1v) is 10.9. The van der Waals surface area contributed by atoms with Crippen LogP contribution in [-0.4, -0.2) is 17.9 Å². The van der Waals surface area contributed by atoms with Gasteiger partial charge < -0.3 is 15.4 Å². The number of nitrogens with zero attached hydrogens (tertiary/aromatic N) is 2. The quantitative estimate of drug-likeness (QED) is 0.292. The van der Waals surface area contributed by atoms with Crippen molar-refractivity contribution < 1.29 is 4.74 Å². The number of aliphatic imine (C=N–C) groups is 1. The Morgan fingerprint density at radius 1 is 1.16 bits per heavy atom. The van der Waals surface area contributed by atoms with Gasteiger partial charge in [-0.15, -0.1) is 0 Å². The van der Waals surface area contributed by atoms with Crippen LogP contribution in [0.4, 0.5) is 17.2 Å². The topological polar surface area (TPSA) is 58.5 Å². The van der Waals surface area contributed by atoms with Crippen LogP contribution in [0.1, 0.15) is 42.5 Å². The first-order chi connectivity index (χ1) is 15.5. The molecule has 0 aliphatic rings. The molecule has 0 radical (unpaired) electrons. The van der Waals surface area contributed by atoms with E-state index in [0.29, 0.717) is 6.54 Å². The van der Waals surface area contributed by atoms with E-state index >= 15 is 0 Å². The van der Waals surface area contributed by atoms with E-state index in [9.17, 15) is 0 Å². The fourth-order valence-corrected chi connectivity index (χ4v) is 3.49. The van der Waals surface area contributed by atoms with E-state index in [4.69, 9.17) is 4.74 Å². The highest BCUT2D eigenvalue weighted by molar-refractivity contribution is 5.96. The molecule has 2 N–H and O–H groups in total. The maximum atomic E-state index is 5.21. The summed E-state index contributed by atoms with van der Waals surface area (Å²) in [5, 5.41) is 6.85. The van der Waals surface area contributed by atoms with Crippen LogP contribution in [0.15, 0.2) is 66.3 Å². The van der Waals surface area contributed by atoms with Gasteiger partial charge in [0.2, 0.25) is 0 Å². The van der Waals surface area contributed by atoms with Gasteiger partial charge in [0.1, 0.15) is 11.6 Å². The van der Waals surface area contributed by atoms with Crippen LogP contribution in [-0.2, 0) is 13.0 Å². The molecule has 0 spiro atoms. The number of pyridine rings is 1. The molecule has 5 nitrogen and oxygen atoms in total. The summed E-state index contributed by atoms with van der Waals surface area (Å²) in [7, 11) is 1.67. The molecule has 5 heteroatoms. The number of amidine groups is 1. The molecule has 3 aromatic rings. The fourth-order valence-electron chi connectivity index (χ4n) is 3.49. The molecule has 2 aromatic carbocycles. The largest absolute Gasteiger partial charge is 0.497 e. The monoisotopic (exact) mass is 428 g/mol. The molecular weight excluding hydrogens is 396 g/mol. The molecule has 0 aliphatic carbocycles. The van der Waals surface area contributed by atoms with Gasteiger partial charge in [0.05, 0.1) is 25.2 Å². The smallest absolute Gasteiger partial charge is 0.139 e. The van der Waals surface area contributed by atoms with Crippen molar-refractivity contribution in [2.24, 2.45) is 4.99 Å². The van der Waals surface area contributed by atoms with Gasteiger partial charge in [-0.25, -0.2) is 4.98 Å². The number of benzene rings is 2. The van der Waals surface area contributed by atoms with Crippen molar-refractivity contribution in [2.45, 2.75) is 40.2 Å². The van der Waals surface area contributed by atoms with Crippen molar-refractivity contribution in [1.82, 2.24) is 4.98 Å². The van der Waals surface area contributed by atoms with Gasteiger partial charge in [0, 0.05) is 17.4 Å². The lowest BCUT2D eigenvalue weighted by Crippen LogP contribution is -2.10. The van der Waals surface area contributed by atoms with Crippen molar-refractivity contribution in [3.05, 3.63) is 83.6 Å². The van der Waals surface area contributed by atoms with Crippen LogP contribution in [0.25, 0.3) is 6.08 Å². The van der Waals surface area contributed by atoms with Crippen LogP contribution in [0.3, 0.4) is 0 Å². The number of hydrogen-bond donors (Lipinski definition) is 2. The highest BCUT2D eigenvalue weighted by Gasteiger charge is 2.09. The average molecular weight is 429 g/mol. The fraction of sp³-hybridized carbons (Fsp3) is 0.259. The van der Waals surface area contributed by atoms with Crippen molar-refractivity contribution in [3.63, 3.8) is 0 Å². The molecule has 32 heavy (non-hydrogen) atoms. The SMILES string of the molecule is C=Cc1c(NC(C)=NCc2ccc(OC)cc2)ccnc1Nc1ccc(C)c(CCC)c1. The molecule has 1 heterocycles. The molecule has 166 valence electrons. The first kappa shape index (κ1) is 23.1. The Labute approximate surface area is 191 Å². The van der Waals surface area contributed by atoms with E-state index in [1.807, 2.05) is 43.3 Å². The number of ether oxygens (including phenoxy) is 1. The minimum Gasteiger partial charge on any atom is -0.497 e. The molecule has 0 unspecified atom stereocenters. The summed E-state index contributed by atoms with van der Waals surface area (Å²) in [5.74, 6) is 2.43. The molecule has 0 fully saturated rings. The number of nitrogens with one attached hydrogen (secondary N) is 2. The van der Waals surface area contributed by atoms with E-state index in [-0.39, 0.29) is 0 Å². The van der Waals surface area contributed by atoms with Gasteiger partial charge in [-0.05, 0) is 67.3 Å². The van der Waals surface area contributed by atoms with Crippen molar-refractivity contribution in [2.75, 3.05) is 17.7 Å². The van der Waals surface area contributed by atoms with E-state index in [1.54, 1.807) is 13.3 Å². The summed E-state index contributed by atoms with van der Waals surface area (Å²) in [6.07, 6.45) is 5.79. The molecule has 1 aromatic heterocycles. The van der Waals surface area contributed by atoms with Gasteiger partial charge in [0.15, 0.2) is 0 Å². The third-order valence-corrected chi connectivity index (χ3v) is 5.30. The number of methoxy groups -OCH3 is 1. The second-order valence-electron chi connectivity index (χ2n) is 7.72. The zero-order valence-corrected chi connectivity index (χ0v) is 19.4. The van der Waals surface area contributed by atoms with Gasteiger partial charge in [-0.3, -0.25) is 4.99 Å². The molecule has 3 rings (SSSR count). The molecule has 0 bridgehead atoms. The summed E-state index contributed by atoms with van der Waals surface area (Å²) in [4.78, 5) is 9.21. The van der Waals surface area contributed by atoms with Crippen LogP contribution in [0.5, 0.6) is 5.75 Å². The summed E-state index contributed by atoms with van der Waals surface area (Å²) < 4.78 is 5.21. The number of anilines is 3. The first-order valence-electron chi connectivity index (χ1n) is 10.9. The van der Waals surface area contributed by atoms with Crippen molar-refractivity contribution in [1.29, 1.82) is 0 Å². The molecule has 0 saturated heterocycles. The van der Waals surface area contributed by atoms with Gasteiger partial charge in [-0.2, -0.15) is 0 Å². The molecule has 0 aliphatic heterocycles. The molecule has 0 saturated carbocycles. The zero-order valence-electron chi connectivity index (χ0n) is 19.4. The number of rotatable bonds is 9. The third-order valence-electron chi connectivity index (χ3n) is 5.30. The lowest BCUT2D eigenvalue weighted by Gasteiger charge is -2.15. The molecule has 0 atom stereocenters. The van der Waals surface area contributed by atoms with Crippen LogP contribution in [0, 0.1) is 6.92 Å². The minimum atomic E-state index is 0.589. The maximum Gasteiger partial charge on any atom is 0.139 e. The van der Waals surface area contributed by atoms with Gasteiger partial charge >= 0.3 is 0 Å².